The van der Waals surface area contributed by atoms with Crippen LogP contribution in [0.5, 0.6) is 0 Å². The Bertz CT molecular complexity index is 994. The fourth-order valence-electron chi connectivity index (χ4n) is 3.77. The standard InChI is InChI=1S/C23H26F3N5O2/c1-30(18-8-10-29-11-9-18)19-7-6-17(24)12-20(19)31(14-32)13-15-2-4-16(5-3-15)22(27)33-23(28)21(25)26/h2-7,12,14,18,21,27-29H,8-11,13H2,1H3. The van der Waals surface area contributed by atoms with Gasteiger partial charge in [0.1, 0.15) is 5.82 Å². The summed E-state index contributed by atoms with van der Waals surface area (Å²) in [6.07, 6.45) is -0.591. The molecule has 33 heavy (non-hydrogen) atoms. The number of hydrogen-bond donors (Lipinski definition) is 3. The van der Waals surface area contributed by atoms with Gasteiger partial charge in [-0.25, -0.2) is 4.39 Å². The smallest absolute Gasteiger partial charge is 0.312 e. The number of anilines is 2. The number of carbonyl (C=O) groups excluding carboxylic acids is 1. The van der Waals surface area contributed by atoms with E-state index in [9.17, 15) is 18.0 Å². The average Bonchev–Trinajstić information content (AvgIpc) is 2.82. The van der Waals surface area contributed by atoms with Crippen LogP contribution in [0, 0.1) is 16.6 Å². The third-order valence-electron chi connectivity index (χ3n) is 5.59. The number of carbonyl (C=O) groups is 1. The molecule has 3 N–H and O–H groups in total. The van der Waals surface area contributed by atoms with Gasteiger partial charge in [0, 0.05) is 18.7 Å². The highest BCUT2D eigenvalue weighted by Gasteiger charge is 2.23. The molecule has 2 aromatic carbocycles. The van der Waals surface area contributed by atoms with Gasteiger partial charge in [-0.3, -0.25) is 15.6 Å². The van der Waals surface area contributed by atoms with Crippen LogP contribution < -0.4 is 15.1 Å². The molecule has 0 saturated carbocycles. The van der Waals surface area contributed by atoms with Gasteiger partial charge in [0.25, 0.3) is 5.90 Å². The zero-order chi connectivity index (χ0) is 24.0. The Balaban J connectivity index is 1.78. The summed E-state index contributed by atoms with van der Waals surface area (Å²) in [7, 11) is 1.94. The number of nitrogens with zero attached hydrogens (tertiary/aromatic N) is 2. The van der Waals surface area contributed by atoms with Crippen LogP contribution in [0.3, 0.4) is 0 Å². The lowest BCUT2D eigenvalue weighted by molar-refractivity contribution is -0.107. The average molecular weight is 461 g/mol. The van der Waals surface area contributed by atoms with Crippen LogP contribution in [0.25, 0.3) is 0 Å². The summed E-state index contributed by atoms with van der Waals surface area (Å²) < 4.78 is 43.5. The first-order valence-corrected chi connectivity index (χ1v) is 10.5. The molecule has 0 atom stereocenters. The number of nitrogens with one attached hydrogen (secondary N) is 3. The molecule has 1 aliphatic heterocycles. The largest absolute Gasteiger partial charge is 0.419 e. The van der Waals surface area contributed by atoms with Crippen LogP contribution in [0.4, 0.5) is 24.5 Å². The van der Waals surface area contributed by atoms with Gasteiger partial charge in [-0.1, -0.05) is 12.1 Å². The van der Waals surface area contributed by atoms with Crippen LogP contribution in [-0.2, 0) is 16.1 Å². The van der Waals surface area contributed by atoms with Crippen LogP contribution in [0.15, 0.2) is 42.5 Å². The minimum absolute atomic E-state index is 0.140. The van der Waals surface area contributed by atoms with Crippen LogP contribution in [0.1, 0.15) is 24.0 Å². The van der Waals surface area contributed by atoms with Crippen LogP contribution >= 0.6 is 0 Å². The number of ether oxygens (including phenoxy) is 1. The van der Waals surface area contributed by atoms with Gasteiger partial charge in [-0.2, -0.15) is 8.78 Å². The van der Waals surface area contributed by atoms with E-state index in [0.717, 1.165) is 31.6 Å². The number of piperidine rings is 1. The molecule has 0 aromatic heterocycles. The summed E-state index contributed by atoms with van der Waals surface area (Å²) in [6.45, 7) is 1.93. The third kappa shape index (κ3) is 6.10. The molecule has 0 aliphatic carbocycles. The highest BCUT2D eigenvalue weighted by Crippen LogP contribution is 2.32. The summed E-state index contributed by atoms with van der Waals surface area (Å²) in [5.74, 6) is -2.33. The first-order valence-electron chi connectivity index (χ1n) is 10.5. The lowest BCUT2D eigenvalue weighted by Gasteiger charge is -2.35. The molecule has 1 fully saturated rings. The van der Waals surface area contributed by atoms with Crippen molar-refractivity contribution in [3.8, 4) is 0 Å². The molecular formula is C23H26F3N5O2. The maximum atomic E-state index is 14.1. The fourth-order valence-corrected chi connectivity index (χ4v) is 3.77. The predicted molar refractivity (Wildman–Crippen MR) is 121 cm³/mol. The monoisotopic (exact) mass is 461 g/mol. The summed E-state index contributed by atoms with van der Waals surface area (Å²) in [6, 6.07) is 10.8. The molecular weight excluding hydrogens is 435 g/mol. The molecule has 1 heterocycles. The van der Waals surface area contributed by atoms with Crippen molar-refractivity contribution in [2.45, 2.75) is 31.9 Å². The van der Waals surface area contributed by atoms with Crippen molar-refractivity contribution in [3.63, 3.8) is 0 Å². The van der Waals surface area contributed by atoms with E-state index in [1.165, 1.54) is 29.2 Å². The summed E-state index contributed by atoms with van der Waals surface area (Å²) >= 11 is 0. The molecule has 0 spiro atoms. The van der Waals surface area contributed by atoms with Gasteiger partial charge in [0.15, 0.2) is 0 Å². The van der Waals surface area contributed by atoms with Gasteiger partial charge in [0.2, 0.25) is 12.3 Å². The van der Waals surface area contributed by atoms with Gasteiger partial charge in [0.05, 0.1) is 17.9 Å². The minimum atomic E-state index is -3.10. The summed E-state index contributed by atoms with van der Waals surface area (Å²) in [4.78, 5) is 15.4. The Morgan fingerprint density at radius 1 is 1.15 bits per heavy atom. The Morgan fingerprint density at radius 2 is 1.82 bits per heavy atom. The Kier molecular flexibility index (Phi) is 8.05. The van der Waals surface area contributed by atoms with Crippen molar-refractivity contribution >= 4 is 29.6 Å². The SMILES string of the molecule is CN(c1ccc(F)cc1N(C=O)Cc1ccc(C(=N)OC(=N)C(F)F)cc1)C1CCNCC1. The van der Waals surface area contributed by atoms with E-state index in [-0.39, 0.29) is 18.2 Å². The quantitative estimate of drug-likeness (QED) is 0.317. The van der Waals surface area contributed by atoms with Crippen LogP contribution in [0.2, 0.25) is 0 Å². The van der Waals surface area contributed by atoms with Gasteiger partial charge < -0.3 is 19.9 Å². The number of alkyl halides is 2. The number of halogens is 3. The van der Waals surface area contributed by atoms with E-state index in [0.29, 0.717) is 17.7 Å². The number of amides is 1. The molecule has 0 unspecified atom stereocenters. The molecule has 0 bridgehead atoms. The highest BCUT2D eigenvalue weighted by molar-refractivity contribution is 5.99. The second-order valence-corrected chi connectivity index (χ2v) is 7.75. The molecule has 176 valence electrons. The van der Waals surface area contributed by atoms with Gasteiger partial charge in [-0.05, 0) is 61.8 Å². The van der Waals surface area contributed by atoms with Gasteiger partial charge >= 0.3 is 6.43 Å². The summed E-state index contributed by atoms with van der Waals surface area (Å²) in [5.41, 5.74) is 2.07. The van der Waals surface area contributed by atoms with Crippen molar-refractivity contribution in [2.75, 3.05) is 29.9 Å². The number of rotatable bonds is 8. The van der Waals surface area contributed by atoms with E-state index < -0.39 is 24.0 Å². The zero-order valence-corrected chi connectivity index (χ0v) is 18.2. The Hall–Kier alpha value is -3.40. The first-order chi connectivity index (χ1) is 15.8. The topological polar surface area (TPSA) is 92.5 Å². The lowest BCUT2D eigenvalue weighted by Crippen LogP contribution is -2.41. The Morgan fingerprint density at radius 3 is 2.42 bits per heavy atom. The molecule has 7 nitrogen and oxygen atoms in total. The van der Waals surface area contributed by atoms with Crippen molar-refractivity contribution in [3.05, 3.63) is 59.4 Å². The van der Waals surface area contributed by atoms with Crippen molar-refractivity contribution in [2.24, 2.45) is 0 Å². The van der Waals surface area contributed by atoms with E-state index in [1.54, 1.807) is 18.2 Å². The molecule has 1 aliphatic rings. The van der Waals surface area contributed by atoms with E-state index in [1.807, 2.05) is 7.05 Å². The molecule has 1 amide bonds. The van der Waals surface area contributed by atoms with Crippen LogP contribution in [-0.4, -0.2) is 50.8 Å². The normalized spacial score (nSPS) is 14.1. The molecule has 1 saturated heterocycles. The molecule has 10 heteroatoms. The molecule has 2 aromatic rings. The zero-order valence-electron chi connectivity index (χ0n) is 18.2. The summed E-state index contributed by atoms with van der Waals surface area (Å²) in [5, 5.41) is 18.1. The molecule has 0 radical (unpaired) electrons. The second-order valence-electron chi connectivity index (χ2n) is 7.75. The lowest BCUT2D eigenvalue weighted by atomic mass is 10.0. The highest BCUT2D eigenvalue weighted by atomic mass is 19.3. The maximum absolute atomic E-state index is 14.1. The van der Waals surface area contributed by atoms with Gasteiger partial charge in [-0.15, -0.1) is 0 Å². The second kappa shape index (κ2) is 11.0. The van der Waals surface area contributed by atoms with Crippen molar-refractivity contribution < 1.29 is 22.7 Å². The van der Waals surface area contributed by atoms with E-state index in [4.69, 9.17) is 10.8 Å². The minimum Gasteiger partial charge on any atom is -0.419 e. The van der Waals surface area contributed by atoms with E-state index >= 15 is 0 Å². The van der Waals surface area contributed by atoms with E-state index in [2.05, 4.69) is 15.0 Å². The number of benzene rings is 2. The number of hydrogen-bond acceptors (Lipinski definition) is 6. The first kappa shape index (κ1) is 24.2. The van der Waals surface area contributed by atoms with Crippen molar-refractivity contribution in [1.29, 1.82) is 10.8 Å². The van der Waals surface area contributed by atoms with Crippen molar-refractivity contribution in [1.82, 2.24) is 5.32 Å². The fraction of sp³-hybridized carbons (Fsp3) is 0.348. The third-order valence-corrected chi connectivity index (χ3v) is 5.59. The maximum Gasteiger partial charge on any atom is 0.312 e. The Labute approximate surface area is 190 Å². The predicted octanol–water partition coefficient (Wildman–Crippen LogP) is 3.76. The molecule has 3 rings (SSSR count).